The summed E-state index contributed by atoms with van der Waals surface area (Å²) < 4.78 is 6.42. The molecule has 124 valence electrons. The van der Waals surface area contributed by atoms with E-state index < -0.39 is 0 Å². The maximum Gasteiger partial charge on any atom is 0.327 e. The van der Waals surface area contributed by atoms with Crippen molar-refractivity contribution in [2.45, 2.75) is 26.4 Å². The van der Waals surface area contributed by atoms with Gasteiger partial charge in [-0.15, -0.1) is 5.10 Å². The van der Waals surface area contributed by atoms with Gasteiger partial charge >= 0.3 is 5.97 Å². The van der Waals surface area contributed by atoms with Crippen molar-refractivity contribution < 1.29 is 9.53 Å². The van der Waals surface area contributed by atoms with Gasteiger partial charge in [-0.1, -0.05) is 24.3 Å². The highest BCUT2D eigenvalue weighted by Crippen LogP contribution is 2.22. The number of rotatable bonds is 8. The van der Waals surface area contributed by atoms with Crippen LogP contribution in [-0.4, -0.2) is 45.9 Å². The summed E-state index contributed by atoms with van der Waals surface area (Å²) in [6, 6.07) is 7.71. The number of tetrazole rings is 1. The standard InChI is InChI=1S/C15H22N6O2/c1-3-23-13(22)10-21-15(18-19-20-21)14(17-9-8-16)12-7-5-4-6-11(12)2/h4-7,14,17H,3,8-10,16H2,1-2H3. The van der Waals surface area contributed by atoms with E-state index in [4.69, 9.17) is 10.5 Å². The third-order valence-corrected chi connectivity index (χ3v) is 3.39. The molecule has 0 aliphatic rings. The molecule has 8 nitrogen and oxygen atoms in total. The van der Waals surface area contributed by atoms with Crippen molar-refractivity contribution in [2.24, 2.45) is 5.73 Å². The molecular weight excluding hydrogens is 296 g/mol. The number of carbonyl (C=O) groups is 1. The molecule has 2 rings (SSSR count). The first-order valence-electron chi connectivity index (χ1n) is 7.58. The van der Waals surface area contributed by atoms with Crippen LogP contribution in [0.15, 0.2) is 24.3 Å². The van der Waals surface area contributed by atoms with Crippen molar-refractivity contribution in [3.05, 3.63) is 41.2 Å². The third-order valence-electron chi connectivity index (χ3n) is 3.39. The molecule has 3 N–H and O–H groups in total. The van der Waals surface area contributed by atoms with Gasteiger partial charge in [0.25, 0.3) is 0 Å². The molecule has 1 unspecified atom stereocenters. The van der Waals surface area contributed by atoms with Crippen LogP contribution < -0.4 is 11.1 Å². The Balaban J connectivity index is 2.32. The van der Waals surface area contributed by atoms with Gasteiger partial charge in [-0.25, -0.2) is 4.68 Å². The Kier molecular flexibility index (Phi) is 6.19. The molecule has 23 heavy (non-hydrogen) atoms. The summed E-state index contributed by atoms with van der Waals surface area (Å²) in [4.78, 5) is 11.7. The highest BCUT2D eigenvalue weighted by Gasteiger charge is 2.23. The van der Waals surface area contributed by atoms with E-state index in [-0.39, 0.29) is 18.6 Å². The normalized spacial score (nSPS) is 12.1. The summed E-state index contributed by atoms with van der Waals surface area (Å²) in [6.45, 7) is 5.17. The molecular formula is C15H22N6O2. The number of esters is 1. The van der Waals surface area contributed by atoms with E-state index in [1.807, 2.05) is 31.2 Å². The molecule has 1 aromatic carbocycles. The fourth-order valence-corrected chi connectivity index (χ4v) is 2.34. The predicted molar refractivity (Wildman–Crippen MR) is 84.5 cm³/mol. The van der Waals surface area contributed by atoms with Crippen molar-refractivity contribution in [2.75, 3.05) is 19.7 Å². The molecule has 8 heteroatoms. The number of carbonyl (C=O) groups excluding carboxylic acids is 1. The van der Waals surface area contributed by atoms with Crippen molar-refractivity contribution in [1.29, 1.82) is 0 Å². The molecule has 0 fully saturated rings. The van der Waals surface area contributed by atoms with Gasteiger partial charge < -0.3 is 15.8 Å². The highest BCUT2D eigenvalue weighted by atomic mass is 16.5. The summed E-state index contributed by atoms with van der Waals surface area (Å²) in [5, 5.41) is 15.0. The lowest BCUT2D eigenvalue weighted by Crippen LogP contribution is -2.31. The number of hydrogen-bond acceptors (Lipinski definition) is 7. The number of aromatic nitrogens is 4. The maximum atomic E-state index is 11.7. The monoisotopic (exact) mass is 318 g/mol. The van der Waals surface area contributed by atoms with Crippen molar-refractivity contribution in [3.63, 3.8) is 0 Å². The summed E-state index contributed by atoms with van der Waals surface area (Å²) in [6.07, 6.45) is 0. The Morgan fingerprint density at radius 1 is 1.43 bits per heavy atom. The smallest absolute Gasteiger partial charge is 0.327 e. The molecule has 1 aromatic heterocycles. The molecule has 2 aromatic rings. The fraction of sp³-hybridized carbons (Fsp3) is 0.467. The molecule has 0 saturated heterocycles. The Morgan fingerprint density at radius 3 is 2.91 bits per heavy atom. The van der Waals surface area contributed by atoms with Gasteiger partial charge in [0.05, 0.1) is 12.6 Å². The molecule has 0 bridgehead atoms. The lowest BCUT2D eigenvalue weighted by atomic mass is 10.0. The van der Waals surface area contributed by atoms with Crippen LogP contribution in [0.3, 0.4) is 0 Å². The summed E-state index contributed by atoms with van der Waals surface area (Å²) in [5.41, 5.74) is 7.76. The second-order valence-electron chi connectivity index (χ2n) is 5.03. The lowest BCUT2D eigenvalue weighted by Gasteiger charge is -2.20. The molecule has 0 saturated carbocycles. The number of nitrogens with zero attached hydrogens (tertiary/aromatic N) is 4. The quantitative estimate of drug-likeness (QED) is 0.668. The predicted octanol–water partition coefficient (Wildman–Crippen LogP) is 0.182. The molecule has 0 radical (unpaired) electrons. The van der Waals surface area contributed by atoms with Crippen LogP contribution in [0.1, 0.15) is 29.9 Å². The minimum atomic E-state index is -0.372. The van der Waals surface area contributed by atoms with E-state index in [2.05, 4.69) is 20.8 Å². The third kappa shape index (κ3) is 4.33. The minimum Gasteiger partial charge on any atom is -0.465 e. The average molecular weight is 318 g/mol. The number of nitrogens with two attached hydrogens (primary N) is 1. The van der Waals surface area contributed by atoms with Gasteiger partial charge in [-0.05, 0) is 35.4 Å². The second kappa shape index (κ2) is 8.35. The number of ether oxygens (including phenoxy) is 1. The minimum absolute atomic E-state index is 0.0249. The van der Waals surface area contributed by atoms with Crippen LogP contribution in [0.5, 0.6) is 0 Å². The highest BCUT2D eigenvalue weighted by molar-refractivity contribution is 5.69. The zero-order valence-corrected chi connectivity index (χ0v) is 13.4. The van der Waals surface area contributed by atoms with Crippen LogP contribution in [0.25, 0.3) is 0 Å². The van der Waals surface area contributed by atoms with E-state index in [0.29, 0.717) is 25.5 Å². The van der Waals surface area contributed by atoms with Crippen molar-refractivity contribution in [3.8, 4) is 0 Å². The second-order valence-corrected chi connectivity index (χ2v) is 5.03. The van der Waals surface area contributed by atoms with Crippen LogP contribution in [0, 0.1) is 6.92 Å². The van der Waals surface area contributed by atoms with E-state index in [9.17, 15) is 4.79 Å². The molecule has 1 heterocycles. The van der Waals surface area contributed by atoms with E-state index in [1.54, 1.807) is 6.92 Å². The molecule has 1 atom stereocenters. The molecule has 0 aliphatic carbocycles. The van der Waals surface area contributed by atoms with Gasteiger partial charge in [0.15, 0.2) is 5.82 Å². The van der Waals surface area contributed by atoms with Gasteiger partial charge in [0.2, 0.25) is 0 Å². The fourth-order valence-electron chi connectivity index (χ4n) is 2.34. The van der Waals surface area contributed by atoms with Crippen LogP contribution in [0.4, 0.5) is 0 Å². The van der Waals surface area contributed by atoms with E-state index in [1.165, 1.54) is 4.68 Å². The van der Waals surface area contributed by atoms with Crippen LogP contribution in [0.2, 0.25) is 0 Å². The van der Waals surface area contributed by atoms with Gasteiger partial charge in [-0.2, -0.15) is 0 Å². The van der Waals surface area contributed by atoms with E-state index >= 15 is 0 Å². The van der Waals surface area contributed by atoms with Crippen LogP contribution in [-0.2, 0) is 16.1 Å². The van der Waals surface area contributed by atoms with E-state index in [0.717, 1.165) is 11.1 Å². The Labute approximate surface area is 135 Å². The lowest BCUT2D eigenvalue weighted by molar-refractivity contribution is -0.144. The first-order chi connectivity index (χ1) is 11.2. The van der Waals surface area contributed by atoms with Crippen LogP contribution >= 0.6 is 0 Å². The van der Waals surface area contributed by atoms with Gasteiger partial charge in [-0.3, -0.25) is 4.79 Å². The number of nitrogens with one attached hydrogen (secondary N) is 1. The summed E-state index contributed by atoms with van der Waals surface area (Å²) in [5.74, 6) is 0.184. The van der Waals surface area contributed by atoms with Gasteiger partial charge in [0.1, 0.15) is 6.54 Å². The number of hydrogen-bond donors (Lipinski definition) is 2. The topological polar surface area (TPSA) is 108 Å². The zero-order valence-electron chi connectivity index (χ0n) is 13.4. The molecule has 0 spiro atoms. The average Bonchev–Trinajstić information content (AvgIpc) is 2.97. The van der Waals surface area contributed by atoms with Crippen molar-refractivity contribution in [1.82, 2.24) is 25.5 Å². The number of aryl methyl sites for hydroxylation is 1. The first kappa shape index (κ1) is 17.0. The molecule has 0 aliphatic heterocycles. The molecule has 0 amide bonds. The summed E-state index contributed by atoms with van der Waals surface area (Å²) >= 11 is 0. The summed E-state index contributed by atoms with van der Waals surface area (Å²) in [7, 11) is 0. The Hall–Kier alpha value is -2.32. The number of benzene rings is 1. The SMILES string of the molecule is CCOC(=O)Cn1nnnc1C(NCCN)c1ccccc1C. The first-order valence-corrected chi connectivity index (χ1v) is 7.58. The Morgan fingerprint density at radius 2 is 2.22 bits per heavy atom. The Bertz CT molecular complexity index is 642. The zero-order chi connectivity index (χ0) is 16.7. The largest absolute Gasteiger partial charge is 0.465 e. The van der Waals surface area contributed by atoms with Gasteiger partial charge in [0, 0.05) is 13.1 Å². The maximum absolute atomic E-state index is 11.7. The van der Waals surface area contributed by atoms with Crippen molar-refractivity contribution >= 4 is 5.97 Å².